The molecule has 0 saturated carbocycles. The van der Waals surface area contributed by atoms with Crippen LogP contribution in [0.25, 0.3) is 16.6 Å². The number of phenolic OH excluding ortho intramolecular Hbond substituents is 1. The molecule has 4 rings (SSSR count). The molecule has 7 heteroatoms. The van der Waals surface area contributed by atoms with E-state index in [-0.39, 0.29) is 16.8 Å². The van der Waals surface area contributed by atoms with Crippen molar-refractivity contribution in [2.75, 3.05) is 32.7 Å². The summed E-state index contributed by atoms with van der Waals surface area (Å²) in [6.07, 6.45) is 1.69. The Balaban J connectivity index is 2.00. The summed E-state index contributed by atoms with van der Waals surface area (Å²) in [5, 5.41) is 10.5. The minimum absolute atomic E-state index is 0.0875. The van der Waals surface area contributed by atoms with Crippen molar-refractivity contribution in [1.82, 2.24) is 19.4 Å². The van der Waals surface area contributed by atoms with E-state index in [4.69, 9.17) is 4.98 Å². The summed E-state index contributed by atoms with van der Waals surface area (Å²) in [5.74, 6) is 0.916. The molecular weight excluding hydrogens is 468 g/mol. The van der Waals surface area contributed by atoms with Gasteiger partial charge in [0, 0.05) is 30.7 Å². The molecular formula is C25H31BrN4O2. The van der Waals surface area contributed by atoms with Gasteiger partial charge in [-0.1, -0.05) is 32.9 Å². The first-order chi connectivity index (χ1) is 15.4. The number of halogens is 1. The summed E-state index contributed by atoms with van der Waals surface area (Å²) in [6, 6.07) is 12.6. The number of likely N-dealkylation sites (N-methyl/N-ethyl adjacent to an activating group) is 1. The molecule has 1 aliphatic heterocycles. The average Bonchev–Trinajstić information content (AvgIpc) is 2.82. The fourth-order valence-electron chi connectivity index (χ4n) is 4.99. The minimum atomic E-state index is -0.375. The van der Waals surface area contributed by atoms with Crippen molar-refractivity contribution in [2.45, 2.75) is 39.2 Å². The zero-order valence-electron chi connectivity index (χ0n) is 19.0. The minimum Gasteiger partial charge on any atom is -0.508 e. The van der Waals surface area contributed by atoms with Crippen molar-refractivity contribution >= 4 is 26.8 Å². The van der Waals surface area contributed by atoms with Crippen LogP contribution >= 0.6 is 15.9 Å². The van der Waals surface area contributed by atoms with Crippen molar-refractivity contribution in [3.05, 3.63) is 63.1 Å². The van der Waals surface area contributed by atoms with Crippen molar-refractivity contribution < 1.29 is 5.11 Å². The smallest absolute Gasteiger partial charge is 0.266 e. The highest BCUT2D eigenvalue weighted by molar-refractivity contribution is 9.10. The quantitative estimate of drug-likeness (QED) is 0.541. The summed E-state index contributed by atoms with van der Waals surface area (Å²) in [6.45, 7) is 11.5. The molecule has 0 aliphatic carbocycles. The highest BCUT2D eigenvalue weighted by Crippen LogP contribution is 2.37. The molecule has 0 unspecified atom stereocenters. The average molecular weight is 499 g/mol. The molecule has 1 aliphatic rings. The molecule has 32 heavy (non-hydrogen) atoms. The molecule has 1 aromatic heterocycles. The lowest BCUT2D eigenvalue weighted by atomic mass is 9.87. The van der Waals surface area contributed by atoms with Crippen LogP contribution in [0.4, 0.5) is 0 Å². The van der Waals surface area contributed by atoms with E-state index in [1.165, 1.54) is 0 Å². The predicted molar refractivity (Wildman–Crippen MR) is 133 cm³/mol. The monoisotopic (exact) mass is 498 g/mol. The standard InChI is InChI=1S/C25H31BrN4O2/c1-4-25(5-2,29-15-13-28(6-3)14-16-29)24-27-21-10-8-7-9-19(21)23(32)30(24)22-12-11-18(31)17-20(22)26/h7-12,17,31H,4-6,13-16H2,1-3H3. The molecule has 0 bridgehead atoms. The normalized spacial score (nSPS) is 16.0. The van der Waals surface area contributed by atoms with E-state index in [2.05, 4.69) is 46.5 Å². The Morgan fingerprint density at radius 3 is 2.34 bits per heavy atom. The van der Waals surface area contributed by atoms with Gasteiger partial charge in [-0.3, -0.25) is 14.3 Å². The second-order valence-electron chi connectivity index (χ2n) is 8.39. The van der Waals surface area contributed by atoms with E-state index >= 15 is 0 Å². The number of benzene rings is 2. The Morgan fingerprint density at radius 2 is 1.72 bits per heavy atom. The first-order valence-electron chi connectivity index (χ1n) is 11.4. The number of hydrogen-bond donors (Lipinski definition) is 1. The number of aromatic nitrogens is 2. The zero-order chi connectivity index (χ0) is 22.9. The molecule has 6 nitrogen and oxygen atoms in total. The third-order valence-corrected chi connectivity index (χ3v) is 7.59. The molecule has 2 aromatic carbocycles. The number of phenols is 1. The van der Waals surface area contributed by atoms with Gasteiger partial charge in [0.1, 0.15) is 11.6 Å². The Hall–Kier alpha value is -2.22. The van der Waals surface area contributed by atoms with Crippen LogP contribution in [-0.4, -0.2) is 57.2 Å². The van der Waals surface area contributed by atoms with E-state index in [1.54, 1.807) is 22.8 Å². The molecule has 0 atom stereocenters. The summed E-state index contributed by atoms with van der Waals surface area (Å²) in [5.41, 5.74) is 0.951. The summed E-state index contributed by atoms with van der Waals surface area (Å²) in [4.78, 5) is 24.0. The lowest BCUT2D eigenvalue weighted by Crippen LogP contribution is -2.56. The number of para-hydroxylation sites is 1. The third-order valence-electron chi connectivity index (χ3n) is 6.96. The fraction of sp³-hybridized carbons (Fsp3) is 0.440. The third kappa shape index (κ3) is 3.87. The molecule has 3 aromatic rings. The highest BCUT2D eigenvalue weighted by atomic mass is 79.9. The van der Waals surface area contributed by atoms with Gasteiger partial charge in [-0.2, -0.15) is 0 Å². The highest BCUT2D eigenvalue weighted by Gasteiger charge is 2.41. The first kappa shape index (κ1) is 23.0. The van der Waals surface area contributed by atoms with Gasteiger partial charge in [-0.15, -0.1) is 0 Å². The number of fused-ring (bicyclic) bond motifs is 1. The van der Waals surface area contributed by atoms with Crippen LogP contribution in [0.5, 0.6) is 5.75 Å². The van der Waals surface area contributed by atoms with Crippen molar-refractivity contribution in [3.8, 4) is 11.4 Å². The Labute approximate surface area is 197 Å². The fourth-order valence-corrected chi connectivity index (χ4v) is 5.54. The zero-order valence-corrected chi connectivity index (χ0v) is 20.6. The molecule has 0 radical (unpaired) electrons. The van der Waals surface area contributed by atoms with Gasteiger partial charge in [0.25, 0.3) is 5.56 Å². The molecule has 1 saturated heterocycles. The molecule has 1 N–H and O–H groups in total. The van der Waals surface area contributed by atoms with Gasteiger partial charge in [0.15, 0.2) is 0 Å². The van der Waals surface area contributed by atoms with Crippen LogP contribution in [0.2, 0.25) is 0 Å². The molecule has 1 fully saturated rings. The van der Waals surface area contributed by atoms with Crippen LogP contribution in [0.15, 0.2) is 51.7 Å². The Kier molecular flexibility index (Phi) is 6.70. The number of hydrogen-bond acceptors (Lipinski definition) is 5. The second kappa shape index (κ2) is 9.33. The van der Waals surface area contributed by atoms with E-state index in [0.717, 1.165) is 56.9 Å². The lowest BCUT2D eigenvalue weighted by molar-refractivity contribution is 0.0173. The maximum Gasteiger partial charge on any atom is 0.266 e. The van der Waals surface area contributed by atoms with Crippen LogP contribution in [0, 0.1) is 0 Å². The van der Waals surface area contributed by atoms with Gasteiger partial charge < -0.3 is 10.0 Å². The number of rotatable bonds is 6. The number of nitrogens with zero attached hydrogens (tertiary/aromatic N) is 4. The largest absolute Gasteiger partial charge is 0.508 e. The van der Waals surface area contributed by atoms with Gasteiger partial charge in [-0.25, -0.2) is 4.98 Å². The molecule has 0 spiro atoms. The summed E-state index contributed by atoms with van der Waals surface area (Å²) >= 11 is 3.57. The predicted octanol–water partition coefficient (Wildman–Crippen LogP) is 4.51. The SMILES string of the molecule is CCN1CCN(C(CC)(CC)c2nc3ccccc3c(=O)n2-c2ccc(O)cc2Br)CC1. The van der Waals surface area contributed by atoms with Crippen molar-refractivity contribution in [2.24, 2.45) is 0 Å². The van der Waals surface area contributed by atoms with Crippen molar-refractivity contribution in [1.29, 1.82) is 0 Å². The van der Waals surface area contributed by atoms with E-state index in [1.807, 2.05) is 24.3 Å². The van der Waals surface area contributed by atoms with Crippen LogP contribution < -0.4 is 5.56 Å². The van der Waals surface area contributed by atoms with Crippen LogP contribution in [0.3, 0.4) is 0 Å². The summed E-state index contributed by atoms with van der Waals surface area (Å²) < 4.78 is 2.42. The Morgan fingerprint density at radius 1 is 1.03 bits per heavy atom. The topological polar surface area (TPSA) is 61.6 Å². The van der Waals surface area contributed by atoms with Crippen molar-refractivity contribution in [3.63, 3.8) is 0 Å². The van der Waals surface area contributed by atoms with Gasteiger partial charge in [0.2, 0.25) is 0 Å². The lowest BCUT2D eigenvalue weighted by Gasteiger charge is -2.47. The second-order valence-corrected chi connectivity index (χ2v) is 9.24. The molecule has 170 valence electrons. The molecule has 0 amide bonds. The van der Waals surface area contributed by atoms with Gasteiger partial charge in [-0.05, 0) is 65.6 Å². The van der Waals surface area contributed by atoms with Gasteiger partial charge >= 0.3 is 0 Å². The summed E-state index contributed by atoms with van der Waals surface area (Å²) in [7, 11) is 0. The maximum atomic E-state index is 13.9. The van der Waals surface area contributed by atoms with Crippen LogP contribution in [-0.2, 0) is 5.54 Å². The Bertz CT molecular complexity index is 1160. The van der Waals surface area contributed by atoms with E-state index < -0.39 is 0 Å². The van der Waals surface area contributed by atoms with E-state index in [0.29, 0.717) is 15.5 Å². The maximum absolute atomic E-state index is 13.9. The van der Waals surface area contributed by atoms with E-state index in [9.17, 15) is 9.90 Å². The first-order valence-corrected chi connectivity index (χ1v) is 12.2. The van der Waals surface area contributed by atoms with Gasteiger partial charge in [0.05, 0.1) is 22.1 Å². The number of aromatic hydroxyl groups is 1. The molecule has 2 heterocycles. The van der Waals surface area contributed by atoms with Crippen LogP contribution in [0.1, 0.15) is 39.4 Å². The number of piperazine rings is 1.